The lowest BCUT2D eigenvalue weighted by atomic mass is 9.87. The van der Waals surface area contributed by atoms with Crippen molar-refractivity contribution in [3.05, 3.63) is 46.5 Å². The van der Waals surface area contributed by atoms with Crippen LogP contribution in [0.1, 0.15) is 48.9 Å². The molecular formula is C24H31N5O3. The molecule has 0 radical (unpaired) electrons. The SMILES string of the molecule is CCc1nc(N2CCN(CC(=O)NCc3ccco3)CC2)c(C#N)c2c1COC(C)(C)C2. The number of piperazine rings is 1. The maximum Gasteiger partial charge on any atom is 0.234 e. The number of nitrogens with zero attached hydrogens (tertiary/aromatic N) is 4. The molecule has 1 fully saturated rings. The average molecular weight is 438 g/mol. The number of furan rings is 1. The van der Waals surface area contributed by atoms with Crippen LogP contribution in [-0.4, -0.2) is 54.1 Å². The van der Waals surface area contributed by atoms with Crippen LogP contribution in [0.25, 0.3) is 0 Å². The molecule has 2 aromatic rings. The van der Waals surface area contributed by atoms with E-state index in [0.29, 0.717) is 31.7 Å². The second-order valence-corrected chi connectivity index (χ2v) is 9.02. The predicted molar refractivity (Wildman–Crippen MR) is 120 cm³/mol. The molecule has 0 aliphatic carbocycles. The molecule has 0 spiro atoms. The van der Waals surface area contributed by atoms with Crippen molar-refractivity contribution in [2.75, 3.05) is 37.6 Å². The van der Waals surface area contributed by atoms with E-state index in [0.717, 1.165) is 61.0 Å². The Balaban J connectivity index is 1.43. The fourth-order valence-corrected chi connectivity index (χ4v) is 4.44. The van der Waals surface area contributed by atoms with Crippen LogP contribution in [0, 0.1) is 11.3 Å². The van der Waals surface area contributed by atoms with Crippen molar-refractivity contribution >= 4 is 11.7 Å². The largest absolute Gasteiger partial charge is 0.467 e. The first-order valence-electron chi connectivity index (χ1n) is 11.2. The Kier molecular flexibility index (Phi) is 6.49. The molecule has 170 valence electrons. The number of pyridine rings is 1. The Morgan fingerprint density at radius 2 is 2.06 bits per heavy atom. The molecule has 2 aliphatic rings. The van der Waals surface area contributed by atoms with Gasteiger partial charge in [0.25, 0.3) is 0 Å². The summed E-state index contributed by atoms with van der Waals surface area (Å²) < 4.78 is 11.3. The fourth-order valence-electron chi connectivity index (χ4n) is 4.44. The highest BCUT2D eigenvalue weighted by molar-refractivity contribution is 5.78. The van der Waals surface area contributed by atoms with Crippen LogP contribution in [0.4, 0.5) is 5.82 Å². The van der Waals surface area contributed by atoms with Crippen molar-refractivity contribution in [2.24, 2.45) is 0 Å². The molecule has 0 bridgehead atoms. The molecule has 1 saturated heterocycles. The van der Waals surface area contributed by atoms with Gasteiger partial charge >= 0.3 is 0 Å². The van der Waals surface area contributed by atoms with Crippen molar-refractivity contribution in [2.45, 2.75) is 52.4 Å². The second-order valence-electron chi connectivity index (χ2n) is 9.02. The number of carbonyl (C=O) groups excluding carboxylic acids is 1. The van der Waals surface area contributed by atoms with E-state index in [1.54, 1.807) is 6.26 Å². The van der Waals surface area contributed by atoms with Crippen LogP contribution in [0.15, 0.2) is 22.8 Å². The van der Waals surface area contributed by atoms with Crippen molar-refractivity contribution < 1.29 is 13.9 Å². The zero-order chi connectivity index (χ0) is 22.7. The van der Waals surface area contributed by atoms with E-state index in [4.69, 9.17) is 14.1 Å². The summed E-state index contributed by atoms with van der Waals surface area (Å²) in [5.74, 6) is 1.50. The van der Waals surface area contributed by atoms with Crippen molar-refractivity contribution in [3.63, 3.8) is 0 Å². The molecule has 0 aromatic carbocycles. The van der Waals surface area contributed by atoms with Crippen LogP contribution >= 0.6 is 0 Å². The zero-order valence-corrected chi connectivity index (χ0v) is 19.1. The molecule has 2 aliphatic heterocycles. The normalized spacial score (nSPS) is 18.1. The number of aryl methyl sites for hydroxylation is 1. The Labute approximate surface area is 189 Å². The lowest BCUT2D eigenvalue weighted by Gasteiger charge is -2.38. The number of nitrogens with one attached hydrogen (secondary N) is 1. The van der Waals surface area contributed by atoms with Gasteiger partial charge in [-0.3, -0.25) is 9.69 Å². The highest BCUT2D eigenvalue weighted by Crippen LogP contribution is 2.35. The van der Waals surface area contributed by atoms with Gasteiger partial charge in [-0.15, -0.1) is 0 Å². The molecule has 4 rings (SSSR count). The molecule has 32 heavy (non-hydrogen) atoms. The van der Waals surface area contributed by atoms with Gasteiger partial charge < -0.3 is 19.4 Å². The lowest BCUT2D eigenvalue weighted by molar-refractivity contribution is -0.122. The van der Waals surface area contributed by atoms with Crippen molar-refractivity contribution in [3.8, 4) is 6.07 Å². The van der Waals surface area contributed by atoms with E-state index in [1.807, 2.05) is 12.1 Å². The minimum Gasteiger partial charge on any atom is -0.467 e. The summed E-state index contributed by atoms with van der Waals surface area (Å²) in [6, 6.07) is 6.09. The summed E-state index contributed by atoms with van der Waals surface area (Å²) in [5.41, 5.74) is 3.58. The van der Waals surface area contributed by atoms with E-state index in [1.165, 1.54) is 0 Å². The number of aromatic nitrogens is 1. The summed E-state index contributed by atoms with van der Waals surface area (Å²) >= 11 is 0. The number of carbonyl (C=O) groups is 1. The topological polar surface area (TPSA) is 94.6 Å². The number of fused-ring (bicyclic) bond motifs is 1. The zero-order valence-electron chi connectivity index (χ0n) is 19.1. The Morgan fingerprint density at radius 1 is 1.28 bits per heavy atom. The van der Waals surface area contributed by atoms with E-state index in [2.05, 4.69) is 42.0 Å². The number of hydrogen-bond acceptors (Lipinski definition) is 7. The minimum atomic E-state index is -0.288. The van der Waals surface area contributed by atoms with Gasteiger partial charge in [-0.2, -0.15) is 5.26 Å². The number of anilines is 1. The molecule has 4 heterocycles. The number of nitriles is 1. The third-order valence-corrected chi connectivity index (χ3v) is 6.21. The molecule has 0 unspecified atom stereocenters. The van der Waals surface area contributed by atoms with Gasteiger partial charge in [-0.25, -0.2) is 4.98 Å². The molecule has 2 aromatic heterocycles. The van der Waals surface area contributed by atoms with Gasteiger partial charge in [-0.05, 0) is 38.0 Å². The summed E-state index contributed by atoms with van der Waals surface area (Å²) in [5, 5.41) is 12.9. The van der Waals surface area contributed by atoms with Crippen molar-refractivity contribution in [1.29, 1.82) is 5.26 Å². The van der Waals surface area contributed by atoms with Crippen LogP contribution in [0.2, 0.25) is 0 Å². The van der Waals surface area contributed by atoms with Crippen LogP contribution in [0.3, 0.4) is 0 Å². The Bertz CT molecular complexity index is 1000. The number of hydrogen-bond donors (Lipinski definition) is 1. The van der Waals surface area contributed by atoms with Crippen LogP contribution in [0.5, 0.6) is 0 Å². The second kappa shape index (κ2) is 9.31. The summed E-state index contributed by atoms with van der Waals surface area (Å²) in [6.45, 7) is 10.4. The van der Waals surface area contributed by atoms with Gasteiger partial charge in [0, 0.05) is 43.9 Å². The Morgan fingerprint density at radius 3 is 2.72 bits per heavy atom. The maximum atomic E-state index is 12.3. The first-order valence-corrected chi connectivity index (χ1v) is 11.2. The maximum absolute atomic E-state index is 12.3. The van der Waals surface area contributed by atoms with E-state index < -0.39 is 0 Å². The predicted octanol–water partition coefficient (Wildman–Crippen LogP) is 2.40. The van der Waals surface area contributed by atoms with Gasteiger partial charge in [0.2, 0.25) is 5.91 Å². The summed E-state index contributed by atoms with van der Waals surface area (Å²) in [4.78, 5) is 21.5. The fraction of sp³-hybridized carbons (Fsp3) is 0.542. The van der Waals surface area contributed by atoms with E-state index >= 15 is 0 Å². The van der Waals surface area contributed by atoms with Gasteiger partial charge in [0.05, 0.1) is 37.1 Å². The van der Waals surface area contributed by atoms with Crippen LogP contribution < -0.4 is 10.2 Å². The van der Waals surface area contributed by atoms with Gasteiger partial charge in [-0.1, -0.05) is 6.92 Å². The summed E-state index contributed by atoms with van der Waals surface area (Å²) in [7, 11) is 0. The smallest absolute Gasteiger partial charge is 0.234 e. The van der Waals surface area contributed by atoms with Crippen LogP contribution in [-0.2, 0) is 35.5 Å². The number of rotatable bonds is 6. The molecule has 1 N–H and O–H groups in total. The first-order chi connectivity index (χ1) is 15.4. The molecule has 8 nitrogen and oxygen atoms in total. The molecule has 0 atom stereocenters. The highest BCUT2D eigenvalue weighted by atomic mass is 16.5. The van der Waals surface area contributed by atoms with E-state index in [9.17, 15) is 10.1 Å². The molecule has 8 heteroatoms. The van der Waals surface area contributed by atoms with E-state index in [-0.39, 0.29) is 11.5 Å². The first kappa shape index (κ1) is 22.3. The lowest BCUT2D eigenvalue weighted by Crippen LogP contribution is -2.50. The molecule has 1 amide bonds. The molecule has 0 saturated carbocycles. The summed E-state index contributed by atoms with van der Waals surface area (Å²) in [6.07, 6.45) is 3.12. The third kappa shape index (κ3) is 4.79. The Hall–Kier alpha value is -2.89. The minimum absolute atomic E-state index is 0.0185. The average Bonchev–Trinajstić information content (AvgIpc) is 3.30. The third-order valence-electron chi connectivity index (χ3n) is 6.21. The standard InChI is InChI=1S/C24H31N5O3/c1-4-21-20-16-32-24(2,3)12-18(20)19(13-25)23(27-21)29-9-7-28(8-10-29)15-22(30)26-14-17-6-5-11-31-17/h5-6,11H,4,7-10,12,14-16H2,1-3H3,(H,26,30). The highest BCUT2D eigenvalue weighted by Gasteiger charge is 2.33. The monoisotopic (exact) mass is 437 g/mol. The van der Waals surface area contributed by atoms with Gasteiger partial charge in [0.1, 0.15) is 17.6 Å². The van der Waals surface area contributed by atoms with Crippen molar-refractivity contribution in [1.82, 2.24) is 15.2 Å². The number of ether oxygens (including phenoxy) is 1. The molecular weight excluding hydrogens is 406 g/mol. The quantitative estimate of drug-likeness (QED) is 0.741. The number of amides is 1. The van der Waals surface area contributed by atoms with Gasteiger partial charge in [0.15, 0.2) is 0 Å².